The predicted octanol–water partition coefficient (Wildman–Crippen LogP) is 2.60. The highest BCUT2D eigenvalue weighted by Crippen LogP contribution is 2.30. The number of ether oxygens (including phenoxy) is 1. The van der Waals surface area contributed by atoms with Gasteiger partial charge in [-0.1, -0.05) is 23.7 Å². The Morgan fingerprint density at radius 3 is 2.59 bits per heavy atom. The first kappa shape index (κ1) is 23.7. The van der Waals surface area contributed by atoms with E-state index in [0.717, 1.165) is 11.8 Å². The Bertz CT molecular complexity index is 1160. The van der Waals surface area contributed by atoms with Crippen LogP contribution in [0.3, 0.4) is 0 Å². The fraction of sp³-hybridized carbons (Fsp3) is 0.318. The summed E-state index contributed by atoms with van der Waals surface area (Å²) >= 11 is 5.98. The molecule has 0 saturated carbocycles. The molecule has 8 nitrogen and oxygen atoms in total. The third kappa shape index (κ3) is 5.46. The summed E-state index contributed by atoms with van der Waals surface area (Å²) in [7, 11) is -3.40. The number of hydrogen-bond donors (Lipinski definition) is 1. The van der Waals surface area contributed by atoms with Crippen molar-refractivity contribution in [3.63, 3.8) is 0 Å². The zero-order valence-electron chi connectivity index (χ0n) is 17.6. The van der Waals surface area contributed by atoms with Gasteiger partial charge in [-0.05, 0) is 55.7 Å². The summed E-state index contributed by atoms with van der Waals surface area (Å²) in [5.74, 6) is -1.72. The van der Waals surface area contributed by atoms with E-state index in [9.17, 15) is 22.8 Å². The minimum Gasteiger partial charge on any atom is -0.456 e. The van der Waals surface area contributed by atoms with Crippen molar-refractivity contribution in [3.8, 4) is 0 Å². The molecule has 170 valence electrons. The van der Waals surface area contributed by atoms with E-state index in [1.165, 1.54) is 23.4 Å². The maximum Gasteiger partial charge on any atom is 0.328 e. The molecule has 2 aromatic rings. The topological polar surface area (TPSA) is 110 Å². The lowest BCUT2D eigenvalue weighted by atomic mass is 9.99. The van der Waals surface area contributed by atoms with Gasteiger partial charge in [-0.2, -0.15) is 0 Å². The Morgan fingerprint density at radius 2 is 1.91 bits per heavy atom. The average Bonchev–Trinajstić information content (AvgIpc) is 2.75. The van der Waals surface area contributed by atoms with Crippen molar-refractivity contribution >= 4 is 45.0 Å². The first-order valence-corrected chi connectivity index (χ1v) is 12.2. The van der Waals surface area contributed by atoms with Crippen molar-refractivity contribution in [1.82, 2.24) is 5.32 Å². The maximum absolute atomic E-state index is 12.5. The van der Waals surface area contributed by atoms with Crippen LogP contribution in [0.25, 0.3) is 0 Å². The normalized spacial score (nSPS) is 14.3. The van der Waals surface area contributed by atoms with Crippen molar-refractivity contribution in [2.24, 2.45) is 0 Å². The van der Waals surface area contributed by atoms with Crippen molar-refractivity contribution in [2.75, 3.05) is 23.7 Å². The second-order valence-corrected chi connectivity index (χ2v) is 9.80. The Hall–Kier alpha value is -2.91. The minimum absolute atomic E-state index is 0.224. The van der Waals surface area contributed by atoms with E-state index in [1.54, 1.807) is 30.3 Å². The smallest absolute Gasteiger partial charge is 0.328 e. The molecule has 10 heteroatoms. The quantitative estimate of drug-likeness (QED) is 0.484. The van der Waals surface area contributed by atoms with Gasteiger partial charge < -0.3 is 10.1 Å². The van der Waals surface area contributed by atoms with Gasteiger partial charge in [0.1, 0.15) is 6.04 Å². The predicted molar refractivity (Wildman–Crippen MR) is 121 cm³/mol. The second-order valence-electron chi connectivity index (χ2n) is 7.49. The van der Waals surface area contributed by atoms with Crippen LogP contribution in [0.2, 0.25) is 5.02 Å². The number of halogens is 1. The number of benzene rings is 2. The number of hydrogen-bond acceptors (Lipinski definition) is 6. The number of amides is 1. The number of carbonyl (C=O) groups is 3. The van der Waals surface area contributed by atoms with Crippen LogP contribution < -0.4 is 9.62 Å². The minimum atomic E-state index is -3.40. The molecule has 0 saturated heterocycles. The molecule has 1 heterocycles. The molecule has 1 aliphatic rings. The lowest BCUT2D eigenvalue weighted by Gasteiger charge is -2.29. The standard InChI is InChI=1S/C22H23ClN2O6S/c1-14(24-21(27)17-7-3-4-8-18(17)23)22(28)31-13-20(26)16-9-10-19-15(12-16)6-5-11-25(19)32(2,29)30/h3-4,7-10,12,14H,5-6,11,13H2,1-2H3,(H,24,27). The molecule has 0 aromatic heterocycles. The number of nitrogens with one attached hydrogen (secondary N) is 1. The summed E-state index contributed by atoms with van der Waals surface area (Å²) in [6.07, 6.45) is 2.44. The SMILES string of the molecule is CC(NC(=O)c1ccccc1Cl)C(=O)OCC(=O)c1ccc2c(c1)CCCN2S(C)(=O)=O. The Kier molecular flexibility index (Phi) is 7.20. The molecule has 3 rings (SSSR count). The number of carbonyl (C=O) groups excluding carboxylic acids is 3. The number of nitrogens with zero attached hydrogens (tertiary/aromatic N) is 1. The maximum atomic E-state index is 12.5. The van der Waals surface area contributed by atoms with Gasteiger partial charge in [-0.15, -0.1) is 0 Å². The van der Waals surface area contributed by atoms with E-state index >= 15 is 0 Å². The highest BCUT2D eigenvalue weighted by molar-refractivity contribution is 7.92. The van der Waals surface area contributed by atoms with Gasteiger partial charge >= 0.3 is 5.97 Å². The molecule has 32 heavy (non-hydrogen) atoms. The van der Waals surface area contributed by atoms with Gasteiger partial charge in [-0.3, -0.25) is 13.9 Å². The Balaban J connectivity index is 1.60. The summed E-state index contributed by atoms with van der Waals surface area (Å²) in [5, 5.41) is 2.74. The third-order valence-electron chi connectivity index (χ3n) is 5.04. The fourth-order valence-electron chi connectivity index (χ4n) is 3.40. The highest BCUT2D eigenvalue weighted by Gasteiger charge is 2.25. The number of ketones is 1. The van der Waals surface area contributed by atoms with Gasteiger partial charge in [0.15, 0.2) is 12.4 Å². The molecular formula is C22H23ClN2O6S. The van der Waals surface area contributed by atoms with Gasteiger partial charge in [0.05, 0.1) is 22.5 Å². The first-order valence-electron chi connectivity index (χ1n) is 9.94. The lowest BCUT2D eigenvalue weighted by molar-refractivity contribution is -0.144. The number of rotatable bonds is 7. The number of esters is 1. The summed E-state index contributed by atoms with van der Waals surface area (Å²) in [6, 6.07) is 10.2. The molecule has 1 amide bonds. The number of anilines is 1. The molecule has 0 fully saturated rings. The van der Waals surface area contributed by atoms with Gasteiger partial charge in [0, 0.05) is 12.1 Å². The molecule has 1 aliphatic heterocycles. The number of aryl methyl sites for hydroxylation is 1. The molecule has 0 radical (unpaired) electrons. The third-order valence-corrected chi connectivity index (χ3v) is 6.55. The number of Topliss-reactive ketones (excluding diaryl/α,β-unsaturated/α-hetero) is 1. The van der Waals surface area contributed by atoms with Gasteiger partial charge in [0.2, 0.25) is 10.0 Å². The molecule has 1 N–H and O–H groups in total. The lowest BCUT2D eigenvalue weighted by Crippen LogP contribution is -2.40. The molecular weight excluding hydrogens is 456 g/mol. The fourth-order valence-corrected chi connectivity index (χ4v) is 4.62. The van der Waals surface area contributed by atoms with Crippen molar-refractivity contribution in [2.45, 2.75) is 25.8 Å². The molecule has 1 unspecified atom stereocenters. The van der Waals surface area contributed by atoms with Gasteiger partial charge in [-0.25, -0.2) is 13.2 Å². The van der Waals surface area contributed by atoms with Crippen LogP contribution >= 0.6 is 11.6 Å². The Morgan fingerprint density at radius 1 is 1.19 bits per heavy atom. The summed E-state index contributed by atoms with van der Waals surface area (Å²) < 4.78 is 30.3. The van der Waals surface area contributed by atoms with Crippen LogP contribution in [-0.2, 0) is 26.0 Å². The summed E-state index contributed by atoms with van der Waals surface area (Å²) in [6.45, 7) is 1.34. The zero-order valence-corrected chi connectivity index (χ0v) is 19.2. The number of sulfonamides is 1. The van der Waals surface area contributed by atoms with E-state index in [1.807, 2.05) is 0 Å². The van der Waals surface area contributed by atoms with Crippen LogP contribution in [-0.4, -0.2) is 51.5 Å². The van der Waals surface area contributed by atoms with Crippen molar-refractivity contribution in [3.05, 3.63) is 64.2 Å². The van der Waals surface area contributed by atoms with Crippen LogP contribution in [0.15, 0.2) is 42.5 Å². The largest absolute Gasteiger partial charge is 0.456 e. The molecule has 0 spiro atoms. The van der Waals surface area contributed by atoms with E-state index in [0.29, 0.717) is 30.6 Å². The van der Waals surface area contributed by atoms with E-state index in [2.05, 4.69) is 5.32 Å². The molecule has 0 bridgehead atoms. The highest BCUT2D eigenvalue weighted by atomic mass is 35.5. The van der Waals surface area contributed by atoms with Crippen LogP contribution in [0, 0.1) is 0 Å². The molecule has 2 aromatic carbocycles. The number of fused-ring (bicyclic) bond motifs is 1. The van der Waals surface area contributed by atoms with E-state index < -0.39 is 40.3 Å². The van der Waals surface area contributed by atoms with Crippen LogP contribution in [0.4, 0.5) is 5.69 Å². The van der Waals surface area contributed by atoms with Gasteiger partial charge in [0.25, 0.3) is 5.91 Å². The van der Waals surface area contributed by atoms with E-state index in [-0.39, 0.29) is 10.6 Å². The molecule has 0 aliphatic carbocycles. The average molecular weight is 479 g/mol. The van der Waals surface area contributed by atoms with E-state index in [4.69, 9.17) is 16.3 Å². The summed E-state index contributed by atoms with van der Waals surface area (Å²) in [4.78, 5) is 37.0. The first-order chi connectivity index (χ1) is 15.1. The van der Waals surface area contributed by atoms with Crippen molar-refractivity contribution in [1.29, 1.82) is 0 Å². The van der Waals surface area contributed by atoms with Crippen LogP contribution in [0.1, 0.15) is 39.6 Å². The van der Waals surface area contributed by atoms with Crippen molar-refractivity contribution < 1.29 is 27.5 Å². The van der Waals surface area contributed by atoms with Crippen LogP contribution in [0.5, 0.6) is 0 Å². The molecule has 1 atom stereocenters. The second kappa shape index (κ2) is 9.70. The monoisotopic (exact) mass is 478 g/mol. The summed E-state index contributed by atoms with van der Waals surface area (Å²) in [5.41, 5.74) is 1.85. The zero-order chi connectivity index (χ0) is 23.5. The Labute approximate surface area is 191 Å².